The number of aliphatic hydroxyl groups is 3. The molecule has 17 heavy (non-hydrogen) atoms. The molecule has 0 aromatic heterocycles. The van der Waals surface area contributed by atoms with Gasteiger partial charge in [-0.2, -0.15) is 0 Å². The van der Waals surface area contributed by atoms with E-state index < -0.39 is 0 Å². The van der Waals surface area contributed by atoms with Crippen LogP contribution >= 0.6 is 15.9 Å². The lowest BCUT2D eigenvalue weighted by molar-refractivity contribution is -0.184. The lowest BCUT2D eigenvalue weighted by atomic mass is 9.40. The first kappa shape index (κ1) is 12.4. The molecule has 0 heterocycles. The minimum absolute atomic E-state index is 0.0238. The zero-order valence-corrected chi connectivity index (χ0v) is 11.7. The third kappa shape index (κ3) is 1.64. The van der Waals surface area contributed by atoms with Crippen LogP contribution in [0.2, 0.25) is 0 Å². The summed E-state index contributed by atoms with van der Waals surface area (Å²) in [6.45, 7) is 0.553. The van der Waals surface area contributed by atoms with Crippen molar-refractivity contribution in [1.29, 1.82) is 0 Å². The van der Waals surface area contributed by atoms with Gasteiger partial charge in [-0.1, -0.05) is 15.9 Å². The van der Waals surface area contributed by atoms with Crippen LogP contribution in [-0.2, 0) is 0 Å². The quantitative estimate of drug-likeness (QED) is 0.692. The van der Waals surface area contributed by atoms with Crippen molar-refractivity contribution in [2.75, 3.05) is 19.8 Å². The van der Waals surface area contributed by atoms with Gasteiger partial charge in [0.15, 0.2) is 0 Å². The van der Waals surface area contributed by atoms with E-state index in [1.807, 2.05) is 0 Å². The van der Waals surface area contributed by atoms with Crippen molar-refractivity contribution in [3.8, 4) is 0 Å². The summed E-state index contributed by atoms with van der Waals surface area (Å²) < 4.78 is 0.0238. The Bertz CT molecular complexity index is 285. The number of hydrogen-bond acceptors (Lipinski definition) is 3. The molecule has 0 aromatic rings. The van der Waals surface area contributed by atoms with Gasteiger partial charge in [0, 0.05) is 24.1 Å². The van der Waals surface area contributed by atoms with Gasteiger partial charge in [-0.25, -0.2) is 0 Å². The summed E-state index contributed by atoms with van der Waals surface area (Å²) in [5, 5.41) is 29.3. The fourth-order valence-corrected chi connectivity index (χ4v) is 7.44. The van der Waals surface area contributed by atoms with Gasteiger partial charge in [-0.3, -0.25) is 0 Å². The van der Waals surface area contributed by atoms with E-state index in [1.165, 1.54) is 0 Å². The van der Waals surface area contributed by atoms with Crippen molar-refractivity contribution in [2.24, 2.45) is 16.2 Å². The highest BCUT2D eigenvalue weighted by Gasteiger charge is 2.67. The van der Waals surface area contributed by atoms with Crippen molar-refractivity contribution in [3.63, 3.8) is 0 Å². The molecule has 0 spiro atoms. The summed E-state index contributed by atoms with van der Waals surface area (Å²) in [7, 11) is 0. The van der Waals surface area contributed by atoms with E-state index in [0.29, 0.717) is 0 Å². The molecule has 4 aliphatic carbocycles. The molecule has 4 rings (SSSR count). The molecular weight excluding hydrogens is 284 g/mol. The molecule has 3 N–H and O–H groups in total. The third-order valence-corrected chi connectivity index (χ3v) is 6.17. The number of rotatable bonds is 3. The minimum Gasteiger partial charge on any atom is -0.396 e. The van der Waals surface area contributed by atoms with Crippen LogP contribution in [0.4, 0.5) is 0 Å². The van der Waals surface area contributed by atoms with Gasteiger partial charge in [0.05, 0.1) is 0 Å². The first-order chi connectivity index (χ1) is 7.92. The van der Waals surface area contributed by atoms with Crippen molar-refractivity contribution < 1.29 is 15.3 Å². The molecule has 0 unspecified atom stereocenters. The van der Waals surface area contributed by atoms with Gasteiger partial charge in [-0.05, 0) is 54.8 Å². The van der Waals surface area contributed by atoms with Gasteiger partial charge in [0.25, 0.3) is 0 Å². The fourth-order valence-electron chi connectivity index (χ4n) is 5.66. The smallest absolute Gasteiger partial charge is 0.0488 e. The summed E-state index contributed by atoms with van der Waals surface area (Å²) in [4.78, 5) is 0. The molecule has 0 aliphatic heterocycles. The van der Waals surface area contributed by atoms with E-state index in [1.54, 1.807) is 0 Å². The Kier molecular flexibility index (Phi) is 2.53. The van der Waals surface area contributed by atoms with E-state index in [0.717, 1.165) is 38.5 Å². The van der Waals surface area contributed by atoms with E-state index in [4.69, 9.17) is 0 Å². The lowest BCUT2D eigenvalue weighted by Gasteiger charge is -2.68. The van der Waals surface area contributed by atoms with E-state index in [9.17, 15) is 15.3 Å². The Hall–Kier alpha value is 0.360. The predicted octanol–water partition coefficient (Wildman–Crippen LogP) is 1.44. The van der Waals surface area contributed by atoms with E-state index >= 15 is 0 Å². The van der Waals surface area contributed by atoms with Crippen LogP contribution in [0.5, 0.6) is 0 Å². The van der Waals surface area contributed by atoms with Gasteiger partial charge in [0.1, 0.15) is 0 Å². The standard InChI is InChI=1S/C13H21BrO3/c14-13-4-10(7-15)1-11(5-13,8-16)3-12(2-10,6-13)9-17/h15-17H,1-9H2. The summed E-state index contributed by atoms with van der Waals surface area (Å²) in [6.07, 6.45) is 5.71. The van der Waals surface area contributed by atoms with Crippen molar-refractivity contribution in [2.45, 2.75) is 42.8 Å². The molecule has 0 saturated heterocycles. The Labute approximate surface area is 110 Å². The average molecular weight is 305 g/mol. The monoisotopic (exact) mass is 304 g/mol. The number of hydrogen-bond donors (Lipinski definition) is 3. The second-order valence-corrected chi connectivity index (χ2v) is 8.87. The van der Waals surface area contributed by atoms with E-state index in [2.05, 4.69) is 15.9 Å². The van der Waals surface area contributed by atoms with Gasteiger partial charge < -0.3 is 15.3 Å². The average Bonchev–Trinajstić information content (AvgIpc) is 2.26. The highest BCUT2D eigenvalue weighted by molar-refractivity contribution is 9.10. The highest BCUT2D eigenvalue weighted by Crippen LogP contribution is 2.72. The molecule has 4 heteroatoms. The van der Waals surface area contributed by atoms with Crippen molar-refractivity contribution in [1.82, 2.24) is 0 Å². The first-order valence-electron chi connectivity index (χ1n) is 6.44. The lowest BCUT2D eigenvalue weighted by Crippen LogP contribution is -2.64. The van der Waals surface area contributed by atoms with Gasteiger partial charge >= 0.3 is 0 Å². The second kappa shape index (κ2) is 3.47. The molecule has 0 radical (unpaired) electrons. The molecule has 0 aromatic carbocycles. The highest BCUT2D eigenvalue weighted by atomic mass is 79.9. The normalized spacial score (nSPS) is 56.5. The van der Waals surface area contributed by atoms with Gasteiger partial charge in [0.2, 0.25) is 0 Å². The van der Waals surface area contributed by atoms with Crippen LogP contribution in [0.25, 0.3) is 0 Å². The zero-order chi connectivity index (χ0) is 12.4. The summed E-state index contributed by atoms with van der Waals surface area (Å²) >= 11 is 3.85. The molecule has 4 saturated carbocycles. The minimum atomic E-state index is -0.0797. The largest absolute Gasteiger partial charge is 0.396 e. The van der Waals surface area contributed by atoms with Crippen LogP contribution < -0.4 is 0 Å². The maximum atomic E-state index is 9.78. The van der Waals surface area contributed by atoms with Crippen LogP contribution in [0.3, 0.4) is 0 Å². The Morgan fingerprint density at radius 1 is 0.647 bits per heavy atom. The van der Waals surface area contributed by atoms with Crippen LogP contribution in [0.15, 0.2) is 0 Å². The molecule has 3 nitrogen and oxygen atoms in total. The molecular formula is C13H21BrO3. The molecule has 4 fully saturated rings. The molecule has 4 bridgehead atoms. The zero-order valence-electron chi connectivity index (χ0n) is 10.1. The van der Waals surface area contributed by atoms with Crippen molar-refractivity contribution in [3.05, 3.63) is 0 Å². The first-order valence-corrected chi connectivity index (χ1v) is 7.23. The topological polar surface area (TPSA) is 60.7 Å². The molecule has 4 aliphatic rings. The summed E-state index contributed by atoms with van der Waals surface area (Å²) in [5.41, 5.74) is -0.239. The third-order valence-electron chi connectivity index (χ3n) is 5.33. The Balaban J connectivity index is 2.06. The number of halogens is 1. The number of alkyl halides is 1. The second-order valence-electron chi connectivity index (χ2n) is 7.19. The van der Waals surface area contributed by atoms with E-state index in [-0.39, 0.29) is 40.4 Å². The van der Waals surface area contributed by atoms with Gasteiger partial charge in [-0.15, -0.1) is 0 Å². The van der Waals surface area contributed by atoms with Crippen LogP contribution in [-0.4, -0.2) is 39.5 Å². The Morgan fingerprint density at radius 3 is 1.18 bits per heavy atom. The SMILES string of the molecule is OCC12CC3(Br)CC(CO)(C1)CC(CO)(C3)C2. The van der Waals surface area contributed by atoms with Crippen LogP contribution in [0, 0.1) is 16.2 Å². The predicted molar refractivity (Wildman–Crippen MR) is 67.9 cm³/mol. The molecule has 98 valence electrons. The number of aliphatic hydroxyl groups excluding tert-OH is 3. The van der Waals surface area contributed by atoms with Crippen LogP contribution in [0.1, 0.15) is 38.5 Å². The summed E-state index contributed by atoms with van der Waals surface area (Å²) in [6, 6.07) is 0. The Morgan fingerprint density at radius 2 is 0.941 bits per heavy atom. The van der Waals surface area contributed by atoms with Crippen molar-refractivity contribution >= 4 is 15.9 Å². The fraction of sp³-hybridized carbons (Fsp3) is 1.00. The molecule has 0 atom stereocenters. The molecule has 0 amide bonds. The maximum absolute atomic E-state index is 9.78. The maximum Gasteiger partial charge on any atom is 0.0488 e. The summed E-state index contributed by atoms with van der Waals surface area (Å²) in [5.74, 6) is 0.